The molecule has 1 heterocycles. The van der Waals surface area contributed by atoms with Crippen molar-refractivity contribution >= 4 is 33.2 Å². The van der Waals surface area contributed by atoms with Crippen LogP contribution in [0.2, 0.25) is 5.02 Å². The summed E-state index contributed by atoms with van der Waals surface area (Å²) in [4.78, 5) is 14.6. The van der Waals surface area contributed by atoms with E-state index in [9.17, 15) is 13.2 Å². The van der Waals surface area contributed by atoms with E-state index in [-0.39, 0.29) is 17.3 Å². The van der Waals surface area contributed by atoms with Gasteiger partial charge in [-0.05, 0) is 30.3 Å². The number of carbonyl (C=O) groups excluding carboxylic acids is 1. The molecule has 1 saturated heterocycles. The number of methoxy groups -OCH3 is 1. The number of rotatable bonds is 6. The fraction of sp³-hybridized carbons (Fsp3) is 0.316. The molecule has 1 fully saturated rings. The number of benzene rings is 2. The van der Waals surface area contributed by atoms with Gasteiger partial charge in [-0.2, -0.15) is 4.31 Å². The number of sulfonamides is 1. The molecule has 0 radical (unpaired) electrons. The van der Waals surface area contributed by atoms with Crippen LogP contribution in [-0.4, -0.2) is 63.4 Å². The molecule has 0 saturated carbocycles. The molecule has 2 aromatic carbocycles. The third-order valence-electron chi connectivity index (χ3n) is 4.52. The first-order valence-corrected chi connectivity index (χ1v) is 10.6. The lowest BCUT2D eigenvalue weighted by atomic mass is 10.3. The molecule has 1 aliphatic rings. The number of nitrogens with one attached hydrogen (secondary N) is 1. The minimum Gasteiger partial charge on any atom is -0.495 e. The summed E-state index contributed by atoms with van der Waals surface area (Å²) in [6, 6.07) is 13.4. The molecule has 150 valence electrons. The molecule has 0 aromatic heterocycles. The van der Waals surface area contributed by atoms with Crippen molar-refractivity contribution in [2.24, 2.45) is 0 Å². The van der Waals surface area contributed by atoms with Crippen molar-refractivity contribution in [2.75, 3.05) is 45.2 Å². The van der Waals surface area contributed by atoms with E-state index in [0.717, 1.165) is 0 Å². The van der Waals surface area contributed by atoms with Crippen molar-refractivity contribution in [1.29, 1.82) is 0 Å². The predicted octanol–water partition coefficient (Wildman–Crippen LogP) is 2.29. The number of piperazine rings is 1. The van der Waals surface area contributed by atoms with Crippen LogP contribution >= 0.6 is 11.6 Å². The highest BCUT2D eigenvalue weighted by molar-refractivity contribution is 7.89. The zero-order valence-corrected chi connectivity index (χ0v) is 17.0. The molecule has 1 N–H and O–H groups in total. The molecule has 2 aromatic rings. The van der Waals surface area contributed by atoms with Crippen LogP contribution < -0.4 is 10.1 Å². The van der Waals surface area contributed by atoms with Gasteiger partial charge >= 0.3 is 0 Å². The van der Waals surface area contributed by atoms with Gasteiger partial charge in [0, 0.05) is 31.2 Å². The summed E-state index contributed by atoms with van der Waals surface area (Å²) in [5.41, 5.74) is 0.505. The number of ether oxygens (including phenoxy) is 1. The van der Waals surface area contributed by atoms with Crippen molar-refractivity contribution in [3.05, 3.63) is 53.6 Å². The SMILES string of the molecule is COc1ccc(Cl)cc1NC(=O)CN1CCN(S(=O)(=O)c2ccccc2)CC1. The summed E-state index contributed by atoms with van der Waals surface area (Å²) in [7, 11) is -1.98. The lowest BCUT2D eigenvalue weighted by Gasteiger charge is -2.33. The maximum Gasteiger partial charge on any atom is 0.243 e. The fourth-order valence-electron chi connectivity index (χ4n) is 3.04. The van der Waals surface area contributed by atoms with Crippen LogP contribution in [0.15, 0.2) is 53.4 Å². The van der Waals surface area contributed by atoms with Crippen molar-refractivity contribution in [3.8, 4) is 5.75 Å². The second kappa shape index (κ2) is 8.91. The van der Waals surface area contributed by atoms with E-state index in [2.05, 4.69) is 5.32 Å². The Hall–Kier alpha value is -2.13. The number of halogens is 1. The standard InChI is InChI=1S/C19H22ClN3O4S/c1-27-18-8-7-15(20)13-17(18)21-19(24)14-22-9-11-23(12-10-22)28(25,26)16-5-3-2-4-6-16/h2-8,13H,9-12,14H2,1H3,(H,21,24). The molecule has 9 heteroatoms. The molecule has 0 spiro atoms. The molecule has 0 aliphatic carbocycles. The summed E-state index contributed by atoms with van der Waals surface area (Å²) >= 11 is 5.98. The van der Waals surface area contributed by atoms with Gasteiger partial charge in [-0.1, -0.05) is 29.8 Å². The predicted molar refractivity (Wildman–Crippen MR) is 108 cm³/mol. The van der Waals surface area contributed by atoms with Crippen molar-refractivity contribution in [2.45, 2.75) is 4.90 Å². The molecule has 0 unspecified atom stereocenters. The molecule has 7 nitrogen and oxygen atoms in total. The Balaban J connectivity index is 1.56. The van der Waals surface area contributed by atoms with Gasteiger partial charge in [-0.3, -0.25) is 9.69 Å². The second-order valence-electron chi connectivity index (χ2n) is 6.39. The summed E-state index contributed by atoms with van der Waals surface area (Å²) in [6.45, 7) is 1.79. The third kappa shape index (κ3) is 4.82. The number of carbonyl (C=O) groups is 1. The number of anilines is 1. The van der Waals surface area contributed by atoms with Gasteiger partial charge in [0.1, 0.15) is 5.75 Å². The Bertz CT molecular complexity index is 929. The first-order valence-electron chi connectivity index (χ1n) is 8.81. The Kier molecular flexibility index (Phi) is 6.56. The van der Waals surface area contributed by atoms with Crippen molar-refractivity contribution in [3.63, 3.8) is 0 Å². The van der Waals surface area contributed by atoms with E-state index in [1.54, 1.807) is 48.5 Å². The molecule has 1 amide bonds. The van der Waals surface area contributed by atoms with Crippen molar-refractivity contribution < 1.29 is 17.9 Å². The molecule has 28 heavy (non-hydrogen) atoms. The van der Waals surface area contributed by atoms with Crippen LogP contribution in [0.3, 0.4) is 0 Å². The Morgan fingerprint density at radius 1 is 1.11 bits per heavy atom. The number of hydrogen-bond acceptors (Lipinski definition) is 5. The van der Waals surface area contributed by atoms with Gasteiger partial charge in [-0.25, -0.2) is 8.42 Å². The minimum absolute atomic E-state index is 0.162. The van der Waals surface area contributed by atoms with Gasteiger partial charge < -0.3 is 10.1 Å². The maximum absolute atomic E-state index is 12.7. The van der Waals surface area contributed by atoms with Crippen LogP contribution in [0, 0.1) is 0 Å². The van der Waals surface area contributed by atoms with Gasteiger partial charge in [0.2, 0.25) is 15.9 Å². The average Bonchev–Trinajstić information content (AvgIpc) is 2.69. The van der Waals surface area contributed by atoms with Gasteiger partial charge in [-0.15, -0.1) is 0 Å². The average molecular weight is 424 g/mol. The summed E-state index contributed by atoms with van der Waals surface area (Å²) in [5.74, 6) is 0.316. The maximum atomic E-state index is 12.7. The summed E-state index contributed by atoms with van der Waals surface area (Å²) in [5, 5.41) is 3.29. The molecule has 0 atom stereocenters. The molecular formula is C19H22ClN3O4S. The van der Waals surface area contributed by atoms with Crippen LogP contribution in [0.1, 0.15) is 0 Å². The van der Waals surface area contributed by atoms with E-state index in [0.29, 0.717) is 42.6 Å². The van der Waals surface area contributed by atoms with Crippen LogP contribution in [0.4, 0.5) is 5.69 Å². The van der Waals surface area contributed by atoms with Crippen LogP contribution in [0.25, 0.3) is 0 Å². The number of nitrogens with zero attached hydrogens (tertiary/aromatic N) is 2. The molecule has 0 bridgehead atoms. The van der Waals surface area contributed by atoms with Crippen molar-refractivity contribution in [1.82, 2.24) is 9.21 Å². The largest absolute Gasteiger partial charge is 0.495 e. The van der Waals surface area contributed by atoms with E-state index in [1.807, 2.05) is 4.90 Å². The zero-order chi connectivity index (χ0) is 20.1. The van der Waals surface area contributed by atoms with Crippen LogP contribution in [0.5, 0.6) is 5.75 Å². The Morgan fingerprint density at radius 3 is 2.43 bits per heavy atom. The highest BCUT2D eigenvalue weighted by Crippen LogP contribution is 2.27. The van der Waals surface area contributed by atoms with E-state index in [4.69, 9.17) is 16.3 Å². The normalized spacial score (nSPS) is 15.9. The van der Waals surface area contributed by atoms with Crippen LogP contribution in [-0.2, 0) is 14.8 Å². The fourth-order valence-corrected chi connectivity index (χ4v) is 4.66. The highest BCUT2D eigenvalue weighted by atomic mass is 35.5. The Labute approximate surface area is 169 Å². The quantitative estimate of drug-likeness (QED) is 0.771. The van der Waals surface area contributed by atoms with Gasteiger partial charge in [0.05, 0.1) is 24.2 Å². The summed E-state index contributed by atoms with van der Waals surface area (Å²) in [6.07, 6.45) is 0. The smallest absolute Gasteiger partial charge is 0.243 e. The number of hydrogen-bond donors (Lipinski definition) is 1. The lowest BCUT2D eigenvalue weighted by molar-refractivity contribution is -0.117. The Morgan fingerprint density at radius 2 is 1.79 bits per heavy atom. The zero-order valence-electron chi connectivity index (χ0n) is 15.5. The third-order valence-corrected chi connectivity index (χ3v) is 6.66. The molecule has 1 aliphatic heterocycles. The van der Waals surface area contributed by atoms with Gasteiger partial charge in [0.25, 0.3) is 0 Å². The molecule has 3 rings (SSSR count). The topological polar surface area (TPSA) is 79.0 Å². The highest BCUT2D eigenvalue weighted by Gasteiger charge is 2.28. The van der Waals surface area contributed by atoms with E-state index in [1.165, 1.54) is 11.4 Å². The van der Waals surface area contributed by atoms with Gasteiger partial charge in [0.15, 0.2) is 0 Å². The number of amides is 1. The minimum atomic E-state index is -3.50. The molecular weight excluding hydrogens is 402 g/mol. The van der Waals surface area contributed by atoms with E-state index < -0.39 is 10.0 Å². The first kappa shape index (κ1) is 20.6. The monoisotopic (exact) mass is 423 g/mol. The lowest BCUT2D eigenvalue weighted by Crippen LogP contribution is -2.50. The first-order chi connectivity index (χ1) is 13.4. The second-order valence-corrected chi connectivity index (χ2v) is 8.76. The summed E-state index contributed by atoms with van der Waals surface area (Å²) < 4.78 is 32.0. The van der Waals surface area contributed by atoms with E-state index >= 15 is 0 Å².